The maximum absolute atomic E-state index is 13.2. The molecule has 0 saturated carbocycles. The van der Waals surface area contributed by atoms with Crippen molar-refractivity contribution in [2.75, 3.05) is 42.9 Å². The van der Waals surface area contributed by atoms with Crippen molar-refractivity contribution in [3.05, 3.63) is 51.4 Å². The monoisotopic (exact) mass is 447 g/mol. The zero-order valence-electron chi connectivity index (χ0n) is 15.6. The molecule has 1 aliphatic heterocycles. The Morgan fingerprint density at radius 1 is 1.17 bits per heavy atom. The van der Waals surface area contributed by atoms with Crippen LogP contribution in [-0.4, -0.2) is 59.7 Å². The number of piperazine rings is 1. The van der Waals surface area contributed by atoms with Crippen LogP contribution in [0.3, 0.4) is 0 Å². The average Bonchev–Trinajstić information content (AvgIpc) is 2.69. The van der Waals surface area contributed by atoms with Gasteiger partial charge in [0.05, 0.1) is 18.4 Å². The van der Waals surface area contributed by atoms with Crippen molar-refractivity contribution in [3.8, 4) is 0 Å². The summed E-state index contributed by atoms with van der Waals surface area (Å²) < 4.78 is 51.8. The summed E-state index contributed by atoms with van der Waals surface area (Å²) in [4.78, 5) is 27.8. The minimum atomic E-state index is -2.72. The fourth-order valence-electron chi connectivity index (χ4n) is 3.06. The number of rotatable bonds is 6. The van der Waals surface area contributed by atoms with Crippen LogP contribution in [0.2, 0.25) is 5.02 Å². The third-order valence-electron chi connectivity index (χ3n) is 4.56. The highest BCUT2D eigenvalue weighted by Crippen LogP contribution is 2.22. The predicted octanol–water partition coefficient (Wildman–Crippen LogP) is 2.20. The van der Waals surface area contributed by atoms with Crippen molar-refractivity contribution in [3.63, 3.8) is 0 Å². The van der Waals surface area contributed by atoms with E-state index in [-0.39, 0.29) is 23.2 Å². The lowest BCUT2D eigenvalue weighted by molar-refractivity contribution is -0.117. The van der Waals surface area contributed by atoms with Gasteiger partial charge in [0, 0.05) is 37.9 Å². The van der Waals surface area contributed by atoms with Crippen LogP contribution in [0.25, 0.3) is 0 Å². The van der Waals surface area contributed by atoms with Gasteiger partial charge in [-0.3, -0.25) is 14.5 Å². The lowest BCUT2D eigenvalue weighted by Crippen LogP contribution is -2.49. The maximum Gasteiger partial charge on any atom is 0.287 e. The molecular weight excluding hydrogens is 430 g/mol. The first-order valence-electron chi connectivity index (χ1n) is 9.00. The number of nitrogens with zero attached hydrogens (tertiary/aromatic N) is 4. The van der Waals surface area contributed by atoms with E-state index in [0.717, 1.165) is 12.1 Å². The number of alkyl halides is 2. The number of anilines is 2. The van der Waals surface area contributed by atoms with Crippen molar-refractivity contribution in [1.82, 2.24) is 14.7 Å². The Hall–Kier alpha value is -2.66. The Morgan fingerprint density at radius 2 is 1.87 bits per heavy atom. The predicted molar refractivity (Wildman–Crippen MR) is 103 cm³/mol. The molecule has 1 fully saturated rings. The average molecular weight is 448 g/mol. The molecule has 0 radical (unpaired) electrons. The fraction of sp³-hybridized carbons (Fsp3) is 0.389. The molecule has 30 heavy (non-hydrogen) atoms. The van der Waals surface area contributed by atoms with E-state index < -0.39 is 30.2 Å². The summed E-state index contributed by atoms with van der Waals surface area (Å²) in [5.74, 6) is -2.44. The second-order valence-corrected chi connectivity index (χ2v) is 7.04. The highest BCUT2D eigenvalue weighted by atomic mass is 35.5. The highest BCUT2D eigenvalue weighted by molar-refractivity contribution is 6.33. The Morgan fingerprint density at radius 3 is 2.50 bits per heavy atom. The third-order valence-corrected chi connectivity index (χ3v) is 4.92. The first-order valence-corrected chi connectivity index (χ1v) is 9.38. The van der Waals surface area contributed by atoms with E-state index >= 15 is 0 Å². The van der Waals surface area contributed by atoms with Gasteiger partial charge in [-0.25, -0.2) is 22.2 Å². The standard InChI is InChI=1S/C18H18ClF4N5O2/c19-17-14(8-24-28(18(17)30)9-15(22)23)27-5-3-26(4-6-27)10-16(29)25-11-1-2-12(20)13(21)7-11/h1-2,7-8,15H,3-6,9-10H2,(H,25,29). The van der Waals surface area contributed by atoms with E-state index in [1.807, 2.05) is 4.90 Å². The molecule has 0 bridgehead atoms. The summed E-state index contributed by atoms with van der Waals surface area (Å²) in [5.41, 5.74) is -0.291. The second kappa shape index (κ2) is 9.43. The van der Waals surface area contributed by atoms with Crippen LogP contribution in [-0.2, 0) is 11.3 Å². The van der Waals surface area contributed by atoms with E-state index in [2.05, 4.69) is 10.4 Å². The van der Waals surface area contributed by atoms with Crippen molar-refractivity contribution in [2.24, 2.45) is 0 Å². The van der Waals surface area contributed by atoms with Gasteiger partial charge in [-0.05, 0) is 12.1 Å². The molecule has 7 nitrogen and oxygen atoms in total. The fourth-order valence-corrected chi connectivity index (χ4v) is 3.33. The Bertz CT molecular complexity index is 980. The molecule has 0 spiro atoms. The molecule has 3 rings (SSSR count). The Kier molecular flexibility index (Phi) is 6.93. The van der Waals surface area contributed by atoms with E-state index in [1.54, 1.807) is 4.90 Å². The summed E-state index contributed by atoms with van der Waals surface area (Å²) in [5, 5.41) is 6.06. The van der Waals surface area contributed by atoms with Crippen LogP contribution < -0.4 is 15.8 Å². The molecule has 1 amide bonds. The lowest BCUT2D eigenvalue weighted by Gasteiger charge is -2.35. The summed E-state index contributed by atoms with van der Waals surface area (Å²) in [6.07, 6.45) is -1.45. The molecule has 0 atom stereocenters. The van der Waals surface area contributed by atoms with E-state index in [4.69, 9.17) is 11.6 Å². The topological polar surface area (TPSA) is 70.5 Å². The number of benzene rings is 1. The number of amides is 1. The van der Waals surface area contributed by atoms with Crippen LogP contribution in [0.4, 0.5) is 28.9 Å². The van der Waals surface area contributed by atoms with E-state index in [0.29, 0.717) is 36.5 Å². The summed E-state index contributed by atoms with van der Waals surface area (Å²) in [6.45, 7) is 0.980. The van der Waals surface area contributed by atoms with Gasteiger partial charge in [0.15, 0.2) is 11.6 Å². The van der Waals surface area contributed by atoms with Gasteiger partial charge in [0.25, 0.3) is 12.0 Å². The first-order chi connectivity index (χ1) is 14.2. The zero-order chi connectivity index (χ0) is 21.8. The van der Waals surface area contributed by atoms with Crippen molar-refractivity contribution in [1.29, 1.82) is 0 Å². The van der Waals surface area contributed by atoms with Crippen LogP contribution in [0.5, 0.6) is 0 Å². The minimum Gasteiger partial charge on any atom is -0.366 e. The summed E-state index contributed by atoms with van der Waals surface area (Å²) in [6, 6.07) is 3.09. The normalized spacial score (nSPS) is 14.9. The third kappa shape index (κ3) is 5.28. The molecule has 1 aliphatic rings. The number of nitrogens with one attached hydrogen (secondary N) is 1. The molecule has 0 aliphatic carbocycles. The van der Waals surface area contributed by atoms with Gasteiger partial charge in [0.1, 0.15) is 11.6 Å². The van der Waals surface area contributed by atoms with Crippen molar-refractivity contribution < 1.29 is 22.4 Å². The number of hydrogen-bond donors (Lipinski definition) is 1. The van der Waals surface area contributed by atoms with Crippen LogP contribution >= 0.6 is 11.6 Å². The molecule has 1 aromatic heterocycles. The smallest absolute Gasteiger partial charge is 0.287 e. The Balaban J connectivity index is 1.55. The SMILES string of the molecule is O=C(CN1CCN(c2cnn(CC(F)F)c(=O)c2Cl)CC1)Nc1ccc(F)c(F)c1. The maximum atomic E-state index is 13.2. The van der Waals surface area contributed by atoms with Gasteiger partial charge < -0.3 is 10.2 Å². The molecule has 2 aromatic rings. The van der Waals surface area contributed by atoms with Gasteiger partial charge in [-0.15, -0.1) is 0 Å². The molecular formula is C18H18ClF4N5O2. The van der Waals surface area contributed by atoms with Gasteiger partial charge in [-0.1, -0.05) is 11.6 Å². The quantitative estimate of drug-likeness (QED) is 0.688. The van der Waals surface area contributed by atoms with Crippen molar-refractivity contribution >= 4 is 28.9 Å². The Labute approximate surface area is 173 Å². The van der Waals surface area contributed by atoms with E-state index in [1.165, 1.54) is 12.3 Å². The summed E-state index contributed by atoms with van der Waals surface area (Å²) in [7, 11) is 0. The van der Waals surface area contributed by atoms with Gasteiger partial charge in [-0.2, -0.15) is 5.10 Å². The van der Waals surface area contributed by atoms with Crippen LogP contribution in [0.1, 0.15) is 0 Å². The number of halogens is 5. The van der Waals surface area contributed by atoms with Gasteiger partial charge >= 0.3 is 0 Å². The molecule has 12 heteroatoms. The van der Waals surface area contributed by atoms with Gasteiger partial charge in [0.2, 0.25) is 5.91 Å². The highest BCUT2D eigenvalue weighted by Gasteiger charge is 2.23. The first kappa shape index (κ1) is 22.0. The number of aromatic nitrogens is 2. The van der Waals surface area contributed by atoms with Crippen LogP contribution in [0, 0.1) is 11.6 Å². The number of carbonyl (C=O) groups is 1. The molecule has 162 valence electrons. The molecule has 1 saturated heterocycles. The van der Waals surface area contributed by atoms with E-state index in [9.17, 15) is 27.2 Å². The zero-order valence-corrected chi connectivity index (χ0v) is 16.4. The number of carbonyl (C=O) groups excluding carboxylic acids is 1. The molecule has 1 N–H and O–H groups in total. The molecule has 2 heterocycles. The minimum absolute atomic E-state index is 0.0365. The second-order valence-electron chi connectivity index (χ2n) is 6.66. The lowest BCUT2D eigenvalue weighted by atomic mass is 10.2. The molecule has 1 aromatic carbocycles. The van der Waals surface area contributed by atoms with Crippen molar-refractivity contribution in [2.45, 2.75) is 13.0 Å². The summed E-state index contributed by atoms with van der Waals surface area (Å²) >= 11 is 6.06. The molecule has 0 unspecified atom stereocenters. The largest absolute Gasteiger partial charge is 0.366 e. The van der Waals surface area contributed by atoms with Crippen LogP contribution in [0.15, 0.2) is 29.2 Å². The number of hydrogen-bond acceptors (Lipinski definition) is 5.